The smallest absolute Gasteiger partial charge is 0.222 e. The number of carbonyl (C=O) groups excluding carboxylic acids is 1. The fourth-order valence-corrected chi connectivity index (χ4v) is 3.67. The van der Waals surface area contributed by atoms with E-state index in [1.807, 2.05) is 29.2 Å². The molecule has 144 valence electrons. The lowest BCUT2D eigenvalue weighted by atomic mass is 10.1. The molecule has 1 N–H and O–H groups in total. The molecular formula is C23H26N4O. The van der Waals surface area contributed by atoms with Crippen molar-refractivity contribution in [2.24, 2.45) is 0 Å². The highest BCUT2D eigenvalue weighted by Gasteiger charge is 2.22. The van der Waals surface area contributed by atoms with E-state index in [2.05, 4.69) is 57.6 Å². The van der Waals surface area contributed by atoms with Crippen LogP contribution in [0.3, 0.4) is 0 Å². The predicted molar refractivity (Wildman–Crippen MR) is 112 cm³/mol. The Morgan fingerprint density at radius 3 is 2.32 bits per heavy atom. The molecule has 1 aliphatic heterocycles. The summed E-state index contributed by atoms with van der Waals surface area (Å²) < 4.78 is 0. The number of anilines is 1. The lowest BCUT2D eigenvalue weighted by molar-refractivity contribution is -0.131. The van der Waals surface area contributed by atoms with Gasteiger partial charge in [0, 0.05) is 38.7 Å². The molecule has 4 rings (SSSR count). The first-order valence-electron chi connectivity index (χ1n) is 9.97. The van der Waals surface area contributed by atoms with Crippen molar-refractivity contribution in [1.82, 2.24) is 15.1 Å². The first-order valence-corrected chi connectivity index (χ1v) is 9.97. The summed E-state index contributed by atoms with van der Waals surface area (Å²) in [5.41, 5.74) is 3.45. The van der Waals surface area contributed by atoms with Crippen LogP contribution in [0.4, 0.5) is 5.82 Å². The molecule has 5 nitrogen and oxygen atoms in total. The molecule has 0 radical (unpaired) electrons. The number of carbonyl (C=O) groups is 1. The number of rotatable bonds is 6. The maximum absolute atomic E-state index is 12.5. The van der Waals surface area contributed by atoms with Crippen molar-refractivity contribution in [2.45, 2.75) is 19.3 Å². The third kappa shape index (κ3) is 4.42. The quantitative estimate of drug-likeness (QED) is 0.715. The third-order valence-corrected chi connectivity index (χ3v) is 5.30. The number of amides is 1. The third-order valence-electron chi connectivity index (χ3n) is 5.30. The largest absolute Gasteiger partial charge is 0.352 e. The Balaban J connectivity index is 1.25. The highest BCUT2D eigenvalue weighted by molar-refractivity contribution is 5.76. The molecule has 1 aliphatic rings. The number of benzene rings is 2. The van der Waals surface area contributed by atoms with Gasteiger partial charge in [0.25, 0.3) is 0 Å². The SMILES string of the molecule is O=C(CCCc1ccccc1)N1CCN(c2cc(-c3ccccc3)[nH]n2)CC1. The monoisotopic (exact) mass is 374 g/mol. The summed E-state index contributed by atoms with van der Waals surface area (Å²) in [4.78, 5) is 16.7. The Morgan fingerprint density at radius 2 is 1.61 bits per heavy atom. The maximum atomic E-state index is 12.5. The van der Waals surface area contributed by atoms with Crippen LogP contribution >= 0.6 is 0 Å². The van der Waals surface area contributed by atoms with Crippen LogP contribution in [0.5, 0.6) is 0 Å². The number of H-pyrrole nitrogens is 1. The van der Waals surface area contributed by atoms with Gasteiger partial charge in [-0.1, -0.05) is 60.7 Å². The molecule has 3 aromatic rings. The van der Waals surface area contributed by atoms with Crippen LogP contribution in [0.15, 0.2) is 66.7 Å². The van der Waals surface area contributed by atoms with E-state index in [4.69, 9.17) is 0 Å². The fourth-order valence-electron chi connectivity index (χ4n) is 3.67. The van der Waals surface area contributed by atoms with Gasteiger partial charge in [0.15, 0.2) is 5.82 Å². The average molecular weight is 374 g/mol. The summed E-state index contributed by atoms with van der Waals surface area (Å²) in [6.07, 6.45) is 2.49. The highest BCUT2D eigenvalue weighted by atomic mass is 16.2. The molecule has 2 aromatic carbocycles. The Hall–Kier alpha value is -3.08. The average Bonchev–Trinajstić information content (AvgIpc) is 3.25. The maximum Gasteiger partial charge on any atom is 0.222 e. The number of nitrogens with zero attached hydrogens (tertiary/aromatic N) is 3. The molecule has 0 saturated carbocycles. The van der Waals surface area contributed by atoms with Gasteiger partial charge in [0.1, 0.15) is 0 Å². The van der Waals surface area contributed by atoms with Crippen molar-refractivity contribution in [3.8, 4) is 11.3 Å². The van der Waals surface area contributed by atoms with Crippen LogP contribution in [-0.4, -0.2) is 47.2 Å². The normalized spacial score (nSPS) is 14.3. The van der Waals surface area contributed by atoms with Crippen molar-refractivity contribution in [1.29, 1.82) is 0 Å². The van der Waals surface area contributed by atoms with E-state index in [9.17, 15) is 4.79 Å². The first kappa shape index (κ1) is 18.3. The molecule has 0 atom stereocenters. The van der Waals surface area contributed by atoms with Gasteiger partial charge in [-0.25, -0.2) is 0 Å². The van der Waals surface area contributed by atoms with Crippen LogP contribution in [-0.2, 0) is 11.2 Å². The minimum atomic E-state index is 0.266. The molecular weight excluding hydrogens is 348 g/mol. The molecule has 1 saturated heterocycles. The number of hydrogen-bond acceptors (Lipinski definition) is 3. The van der Waals surface area contributed by atoms with Gasteiger partial charge in [-0.2, -0.15) is 5.10 Å². The van der Waals surface area contributed by atoms with E-state index >= 15 is 0 Å². The lowest BCUT2D eigenvalue weighted by Crippen LogP contribution is -2.48. The van der Waals surface area contributed by atoms with Crippen LogP contribution < -0.4 is 4.90 Å². The summed E-state index contributed by atoms with van der Waals surface area (Å²) in [6.45, 7) is 3.17. The van der Waals surface area contributed by atoms with Crippen molar-refractivity contribution in [2.75, 3.05) is 31.1 Å². The van der Waals surface area contributed by atoms with Gasteiger partial charge >= 0.3 is 0 Å². The standard InChI is InChI=1S/C23H26N4O/c28-23(13-7-10-19-8-3-1-4-9-19)27-16-14-26(15-17-27)22-18-21(24-25-22)20-11-5-2-6-12-20/h1-6,8-9,11-12,18H,7,10,13-17H2,(H,24,25). The summed E-state index contributed by atoms with van der Waals surface area (Å²) in [5, 5.41) is 7.59. The van der Waals surface area contributed by atoms with Crippen molar-refractivity contribution in [3.05, 3.63) is 72.3 Å². The fraction of sp³-hybridized carbons (Fsp3) is 0.304. The Morgan fingerprint density at radius 1 is 0.929 bits per heavy atom. The van der Waals surface area contributed by atoms with Crippen LogP contribution in [0, 0.1) is 0 Å². The van der Waals surface area contributed by atoms with Gasteiger partial charge in [0.05, 0.1) is 5.69 Å². The van der Waals surface area contributed by atoms with Crippen LogP contribution in [0.2, 0.25) is 0 Å². The molecule has 1 fully saturated rings. The van der Waals surface area contributed by atoms with Crippen LogP contribution in [0.1, 0.15) is 18.4 Å². The van der Waals surface area contributed by atoms with Crippen molar-refractivity contribution in [3.63, 3.8) is 0 Å². The summed E-state index contributed by atoms with van der Waals surface area (Å²) in [6, 6.07) is 22.7. The topological polar surface area (TPSA) is 52.2 Å². The molecule has 0 bridgehead atoms. The van der Waals surface area contributed by atoms with Gasteiger partial charge in [-0.15, -0.1) is 0 Å². The zero-order valence-corrected chi connectivity index (χ0v) is 16.1. The minimum absolute atomic E-state index is 0.266. The molecule has 28 heavy (non-hydrogen) atoms. The second kappa shape index (κ2) is 8.74. The second-order valence-electron chi connectivity index (χ2n) is 7.21. The summed E-state index contributed by atoms with van der Waals surface area (Å²) in [5.74, 6) is 1.22. The first-order chi connectivity index (χ1) is 13.8. The van der Waals surface area contributed by atoms with E-state index in [-0.39, 0.29) is 5.91 Å². The zero-order chi connectivity index (χ0) is 19.2. The minimum Gasteiger partial charge on any atom is -0.352 e. The number of aromatic amines is 1. The van der Waals surface area contributed by atoms with Crippen LogP contribution in [0.25, 0.3) is 11.3 Å². The van der Waals surface area contributed by atoms with E-state index < -0.39 is 0 Å². The molecule has 1 aromatic heterocycles. The number of nitrogens with one attached hydrogen (secondary N) is 1. The van der Waals surface area contributed by atoms with Crippen molar-refractivity contribution >= 4 is 11.7 Å². The molecule has 0 spiro atoms. The van der Waals surface area contributed by atoms with Gasteiger partial charge in [0.2, 0.25) is 5.91 Å². The van der Waals surface area contributed by atoms with Gasteiger partial charge in [-0.3, -0.25) is 9.89 Å². The van der Waals surface area contributed by atoms with E-state index in [0.717, 1.165) is 56.1 Å². The highest BCUT2D eigenvalue weighted by Crippen LogP contribution is 2.22. The van der Waals surface area contributed by atoms with E-state index in [0.29, 0.717) is 6.42 Å². The number of piperazine rings is 1. The zero-order valence-electron chi connectivity index (χ0n) is 16.1. The molecule has 5 heteroatoms. The molecule has 2 heterocycles. The lowest BCUT2D eigenvalue weighted by Gasteiger charge is -2.34. The molecule has 0 aliphatic carbocycles. The Labute approximate surface area is 166 Å². The summed E-state index contributed by atoms with van der Waals surface area (Å²) >= 11 is 0. The number of aromatic nitrogens is 2. The summed E-state index contributed by atoms with van der Waals surface area (Å²) in [7, 11) is 0. The van der Waals surface area contributed by atoms with Crippen molar-refractivity contribution < 1.29 is 4.79 Å². The van der Waals surface area contributed by atoms with E-state index in [1.54, 1.807) is 0 Å². The van der Waals surface area contributed by atoms with Gasteiger partial charge in [-0.05, 0) is 24.0 Å². The van der Waals surface area contributed by atoms with E-state index in [1.165, 1.54) is 5.56 Å². The second-order valence-corrected chi connectivity index (χ2v) is 7.21. The van der Waals surface area contributed by atoms with Gasteiger partial charge < -0.3 is 9.80 Å². The Bertz CT molecular complexity index is 883. The molecule has 1 amide bonds. The number of aryl methyl sites for hydroxylation is 1. The number of hydrogen-bond donors (Lipinski definition) is 1. The Kier molecular flexibility index (Phi) is 5.71. The predicted octanol–water partition coefficient (Wildman–Crippen LogP) is 3.75. The molecule has 0 unspecified atom stereocenters.